The molecule has 5 heteroatoms. The molecule has 0 bridgehead atoms. The molecule has 1 aromatic carbocycles. The lowest BCUT2D eigenvalue weighted by molar-refractivity contribution is 0.0751. The summed E-state index contributed by atoms with van der Waals surface area (Å²) in [5.41, 5.74) is 1.29. The Labute approximate surface area is 127 Å². The first-order chi connectivity index (χ1) is 9.51. The van der Waals surface area contributed by atoms with Crippen molar-refractivity contribution in [2.75, 3.05) is 6.54 Å². The molecule has 1 N–H and O–H groups in total. The van der Waals surface area contributed by atoms with E-state index in [1.807, 2.05) is 26.0 Å². The van der Waals surface area contributed by atoms with Gasteiger partial charge >= 0.3 is 0 Å². The number of nitrogens with zero attached hydrogens (tertiary/aromatic N) is 1. The minimum Gasteiger partial charge on any atom is -0.507 e. The molecule has 0 saturated carbocycles. The van der Waals surface area contributed by atoms with Crippen molar-refractivity contribution in [1.29, 1.82) is 0 Å². The first kappa shape index (κ1) is 14.9. The van der Waals surface area contributed by atoms with E-state index in [9.17, 15) is 9.90 Å². The van der Waals surface area contributed by atoms with Gasteiger partial charge in [0, 0.05) is 11.4 Å². The molecule has 2 rings (SSSR count). The van der Waals surface area contributed by atoms with Gasteiger partial charge in [-0.05, 0) is 38.1 Å². The number of rotatable bonds is 4. The maximum atomic E-state index is 12.5. The number of thiophene rings is 1. The van der Waals surface area contributed by atoms with E-state index in [-0.39, 0.29) is 11.7 Å². The van der Waals surface area contributed by atoms with Crippen LogP contribution in [0.1, 0.15) is 27.7 Å². The highest BCUT2D eigenvalue weighted by atomic mass is 35.5. The highest BCUT2D eigenvalue weighted by Gasteiger charge is 2.18. The van der Waals surface area contributed by atoms with Crippen molar-refractivity contribution < 1.29 is 9.90 Å². The molecule has 106 valence electrons. The Hall–Kier alpha value is -1.52. The quantitative estimate of drug-likeness (QED) is 0.924. The van der Waals surface area contributed by atoms with E-state index in [0.717, 1.165) is 10.4 Å². The Bertz CT molecular complexity index is 624. The van der Waals surface area contributed by atoms with Crippen LogP contribution < -0.4 is 0 Å². The molecule has 3 nitrogen and oxygen atoms in total. The topological polar surface area (TPSA) is 40.5 Å². The van der Waals surface area contributed by atoms with Crippen LogP contribution in [0.2, 0.25) is 4.34 Å². The number of carbonyl (C=O) groups excluding carboxylic acids is 1. The van der Waals surface area contributed by atoms with Gasteiger partial charge in [0.1, 0.15) is 5.75 Å². The summed E-state index contributed by atoms with van der Waals surface area (Å²) in [6, 6.07) is 8.78. The standard InChI is InChI=1S/C15H16ClNO2S/c1-3-17(9-11-5-7-14(16)20-11)15(19)12-8-10(2)4-6-13(12)18/h4-8,18H,3,9H2,1-2H3. The van der Waals surface area contributed by atoms with Gasteiger partial charge < -0.3 is 10.0 Å². The van der Waals surface area contributed by atoms with Gasteiger partial charge in [-0.25, -0.2) is 0 Å². The third kappa shape index (κ3) is 3.32. The molecular weight excluding hydrogens is 294 g/mol. The van der Waals surface area contributed by atoms with Crippen molar-refractivity contribution in [2.24, 2.45) is 0 Å². The number of aryl methyl sites for hydroxylation is 1. The van der Waals surface area contributed by atoms with Gasteiger partial charge in [-0.1, -0.05) is 23.2 Å². The highest BCUT2D eigenvalue weighted by Crippen LogP contribution is 2.25. The number of benzene rings is 1. The Morgan fingerprint density at radius 1 is 1.35 bits per heavy atom. The number of phenols is 1. The smallest absolute Gasteiger partial charge is 0.257 e. The van der Waals surface area contributed by atoms with Crippen molar-refractivity contribution in [3.63, 3.8) is 0 Å². The van der Waals surface area contributed by atoms with Crippen LogP contribution in [0.3, 0.4) is 0 Å². The van der Waals surface area contributed by atoms with E-state index >= 15 is 0 Å². The summed E-state index contributed by atoms with van der Waals surface area (Å²) in [5.74, 6) is -0.151. The third-order valence-corrected chi connectivity index (χ3v) is 4.24. The molecule has 20 heavy (non-hydrogen) atoms. The number of phenolic OH excluding ortho intramolecular Hbond substituents is 1. The molecule has 1 aromatic heterocycles. The third-order valence-electron chi connectivity index (χ3n) is 3.03. The number of hydrogen-bond donors (Lipinski definition) is 1. The molecule has 1 amide bonds. The van der Waals surface area contributed by atoms with Crippen LogP contribution in [-0.4, -0.2) is 22.5 Å². The fourth-order valence-electron chi connectivity index (χ4n) is 1.94. The summed E-state index contributed by atoms with van der Waals surface area (Å²) >= 11 is 7.37. The highest BCUT2D eigenvalue weighted by molar-refractivity contribution is 7.16. The fraction of sp³-hybridized carbons (Fsp3) is 0.267. The van der Waals surface area contributed by atoms with Crippen LogP contribution in [-0.2, 0) is 6.54 Å². The lowest BCUT2D eigenvalue weighted by Gasteiger charge is -2.21. The van der Waals surface area contributed by atoms with Gasteiger partial charge in [-0.2, -0.15) is 0 Å². The van der Waals surface area contributed by atoms with Gasteiger partial charge in [-0.15, -0.1) is 11.3 Å². The Kier molecular flexibility index (Phi) is 4.68. The summed E-state index contributed by atoms with van der Waals surface area (Å²) in [4.78, 5) is 15.2. The van der Waals surface area contributed by atoms with Crippen molar-refractivity contribution in [1.82, 2.24) is 4.90 Å². The van der Waals surface area contributed by atoms with Crippen LogP contribution in [0.15, 0.2) is 30.3 Å². The second-order valence-corrected chi connectivity index (χ2v) is 6.35. The summed E-state index contributed by atoms with van der Waals surface area (Å²) < 4.78 is 0.710. The molecule has 0 spiro atoms. The number of amides is 1. The lowest BCUT2D eigenvalue weighted by atomic mass is 10.1. The molecule has 0 saturated heterocycles. The summed E-state index contributed by atoms with van der Waals surface area (Å²) in [6.45, 7) is 4.88. The maximum Gasteiger partial charge on any atom is 0.257 e. The average molecular weight is 310 g/mol. The zero-order valence-electron chi connectivity index (χ0n) is 11.4. The first-order valence-electron chi connectivity index (χ1n) is 6.34. The van der Waals surface area contributed by atoms with Crippen molar-refractivity contribution in [2.45, 2.75) is 20.4 Å². The molecule has 0 aliphatic rings. The van der Waals surface area contributed by atoms with E-state index in [0.29, 0.717) is 23.0 Å². The van der Waals surface area contributed by atoms with E-state index in [2.05, 4.69) is 0 Å². The first-order valence-corrected chi connectivity index (χ1v) is 7.53. The van der Waals surface area contributed by atoms with Crippen LogP contribution in [0.5, 0.6) is 5.75 Å². The summed E-state index contributed by atoms with van der Waals surface area (Å²) in [5, 5.41) is 9.85. The molecule has 0 atom stereocenters. The summed E-state index contributed by atoms with van der Waals surface area (Å²) in [7, 11) is 0. The number of halogens is 1. The monoisotopic (exact) mass is 309 g/mol. The fourth-order valence-corrected chi connectivity index (χ4v) is 3.05. The minimum atomic E-state index is -0.168. The van der Waals surface area contributed by atoms with Crippen LogP contribution in [0, 0.1) is 6.92 Å². The molecular formula is C15H16ClNO2S. The second kappa shape index (κ2) is 6.29. The molecule has 0 fully saturated rings. The average Bonchev–Trinajstić information content (AvgIpc) is 2.83. The van der Waals surface area contributed by atoms with Crippen molar-refractivity contribution >= 4 is 28.8 Å². The maximum absolute atomic E-state index is 12.5. The lowest BCUT2D eigenvalue weighted by Crippen LogP contribution is -2.30. The van der Waals surface area contributed by atoms with E-state index in [1.165, 1.54) is 11.3 Å². The van der Waals surface area contributed by atoms with E-state index in [4.69, 9.17) is 11.6 Å². The van der Waals surface area contributed by atoms with E-state index in [1.54, 1.807) is 23.1 Å². The van der Waals surface area contributed by atoms with Crippen molar-refractivity contribution in [3.8, 4) is 5.75 Å². The van der Waals surface area contributed by atoms with Gasteiger partial charge in [0.05, 0.1) is 16.4 Å². The van der Waals surface area contributed by atoms with E-state index < -0.39 is 0 Å². The molecule has 0 radical (unpaired) electrons. The van der Waals surface area contributed by atoms with Gasteiger partial charge in [0.15, 0.2) is 0 Å². The summed E-state index contributed by atoms with van der Waals surface area (Å²) in [6.07, 6.45) is 0. The predicted octanol–water partition coefficient (Wildman–Crippen LogP) is 4.08. The van der Waals surface area contributed by atoms with Crippen LogP contribution in [0.4, 0.5) is 0 Å². The van der Waals surface area contributed by atoms with Gasteiger partial charge in [0.25, 0.3) is 5.91 Å². The molecule has 2 aromatic rings. The van der Waals surface area contributed by atoms with Crippen molar-refractivity contribution in [3.05, 3.63) is 50.7 Å². The second-order valence-electron chi connectivity index (χ2n) is 4.55. The van der Waals surface area contributed by atoms with Crippen LogP contribution in [0.25, 0.3) is 0 Å². The molecule has 0 aliphatic heterocycles. The molecule has 0 aliphatic carbocycles. The SMILES string of the molecule is CCN(Cc1ccc(Cl)s1)C(=O)c1cc(C)ccc1O. The minimum absolute atomic E-state index is 0.0169. The van der Waals surface area contributed by atoms with Crippen LogP contribution >= 0.6 is 22.9 Å². The zero-order chi connectivity index (χ0) is 14.7. The molecule has 1 heterocycles. The Balaban J connectivity index is 2.22. The number of carbonyl (C=O) groups is 1. The van der Waals surface area contributed by atoms with Gasteiger partial charge in [0.2, 0.25) is 0 Å². The normalized spacial score (nSPS) is 10.6. The molecule has 0 unspecified atom stereocenters. The number of aromatic hydroxyl groups is 1. The van der Waals surface area contributed by atoms with Gasteiger partial charge in [-0.3, -0.25) is 4.79 Å². The predicted molar refractivity (Wildman–Crippen MR) is 82.6 cm³/mol. The number of hydrogen-bond acceptors (Lipinski definition) is 3. The Morgan fingerprint density at radius 3 is 2.70 bits per heavy atom. The zero-order valence-corrected chi connectivity index (χ0v) is 13.0. The Morgan fingerprint density at radius 2 is 2.10 bits per heavy atom. The largest absolute Gasteiger partial charge is 0.507 e.